The summed E-state index contributed by atoms with van der Waals surface area (Å²) >= 11 is 0. The summed E-state index contributed by atoms with van der Waals surface area (Å²) in [5, 5.41) is 3.83. The molecule has 3 aromatic rings. The second-order valence-corrected chi connectivity index (χ2v) is 7.66. The van der Waals surface area contributed by atoms with E-state index in [9.17, 15) is 4.79 Å². The van der Waals surface area contributed by atoms with E-state index in [0.29, 0.717) is 23.2 Å². The quantitative estimate of drug-likeness (QED) is 0.709. The first-order chi connectivity index (χ1) is 13.6. The van der Waals surface area contributed by atoms with Gasteiger partial charge in [-0.25, -0.2) is 19.7 Å². The zero-order valence-corrected chi connectivity index (χ0v) is 15.6. The Hall–Kier alpha value is -3.00. The van der Waals surface area contributed by atoms with Crippen LogP contribution in [0, 0.1) is 6.92 Å². The Balaban J connectivity index is 1.39. The molecule has 0 saturated carbocycles. The molecule has 28 heavy (non-hydrogen) atoms. The lowest BCUT2D eigenvalue weighted by Crippen LogP contribution is -2.51. The van der Waals surface area contributed by atoms with Crippen LogP contribution in [-0.2, 0) is 0 Å². The van der Waals surface area contributed by atoms with Gasteiger partial charge < -0.3 is 15.1 Å². The van der Waals surface area contributed by atoms with E-state index in [4.69, 9.17) is 10.2 Å². The van der Waals surface area contributed by atoms with Crippen LogP contribution < -0.4 is 11.1 Å². The van der Waals surface area contributed by atoms with Gasteiger partial charge in [0.1, 0.15) is 11.5 Å². The highest BCUT2D eigenvalue weighted by Crippen LogP contribution is 2.35. The lowest BCUT2D eigenvalue weighted by molar-refractivity contribution is 0.150. The average molecular weight is 378 g/mol. The fourth-order valence-corrected chi connectivity index (χ4v) is 4.43. The molecule has 0 radical (unpaired) electrons. The highest BCUT2D eigenvalue weighted by Gasteiger charge is 2.42. The SMILES string of the molecule is Cc1ncc(-c2ccc3cnc(NC(=O)N4C5CC[C@H]4CC(N)C5)cc3n2)o1. The molecule has 2 aliphatic heterocycles. The summed E-state index contributed by atoms with van der Waals surface area (Å²) in [5.74, 6) is 1.70. The Kier molecular flexibility index (Phi) is 4.01. The monoisotopic (exact) mass is 378 g/mol. The first kappa shape index (κ1) is 17.1. The van der Waals surface area contributed by atoms with Crippen LogP contribution in [0.2, 0.25) is 0 Å². The largest absolute Gasteiger partial charge is 0.439 e. The van der Waals surface area contributed by atoms with Crippen LogP contribution in [0.3, 0.4) is 0 Å². The molecule has 5 rings (SSSR count). The van der Waals surface area contributed by atoms with Crippen LogP contribution in [0.15, 0.2) is 35.0 Å². The molecule has 2 bridgehead atoms. The third-order valence-electron chi connectivity index (χ3n) is 5.69. The van der Waals surface area contributed by atoms with Crippen LogP contribution in [-0.4, -0.2) is 44.0 Å². The van der Waals surface area contributed by atoms with Crippen molar-refractivity contribution in [2.75, 3.05) is 5.32 Å². The van der Waals surface area contributed by atoms with Gasteiger partial charge >= 0.3 is 6.03 Å². The molecule has 144 valence electrons. The molecule has 2 amide bonds. The van der Waals surface area contributed by atoms with Crippen molar-refractivity contribution in [2.45, 2.75) is 50.7 Å². The molecule has 2 fully saturated rings. The molecule has 5 heterocycles. The van der Waals surface area contributed by atoms with Crippen molar-refractivity contribution in [3.05, 3.63) is 36.5 Å². The topological polar surface area (TPSA) is 110 Å². The van der Waals surface area contributed by atoms with E-state index in [2.05, 4.69) is 20.3 Å². The number of amides is 2. The van der Waals surface area contributed by atoms with E-state index >= 15 is 0 Å². The normalized spacial score (nSPS) is 23.9. The predicted octanol–water partition coefficient (Wildman–Crippen LogP) is 3.08. The number of urea groups is 1. The molecule has 2 aliphatic rings. The fourth-order valence-electron chi connectivity index (χ4n) is 4.43. The lowest BCUT2D eigenvalue weighted by atomic mass is 9.99. The maximum absolute atomic E-state index is 12.9. The van der Waals surface area contributed by atoms with E-state index < -0.39 is 0 Å². The minimum atomic E-state index is -0.103. The van der Waals surface area contributed by atoms with E-state index in [1.807, 2.05) is 17.0 Å². The number of aryl methyl sites for hydroxylation is 1. The van der Waals surface area contributed by atoms with Gasteiger partial charge in [0.05, 0.1) is 11.7 Å². The highest BCUT2D eigenvalue weighted by atomic mass is 16.4. The molecular weight excluding hydrogens is 356 g/mol. The standard InChI is InChI=1S/C20H22N6O2/c1-11-22-10-18(28-11)16-5-2-12-9-23-19(8-17(12)24-16)25-20(27)26-14-3-4-15(26)7-13(21)6-14/h2,5,8-10,13-15H,3-4,6-7,21H2,1H3,(H,23,25,27)/t13?,14-,15?/m0/s1. The Morgan fingerprint density at radius 1 is 1.21 bits per heavy atom. The van der Waals surface area contributed by atoms with Crippen molar-refractivity contribution in [1.29, 1.82) is 0 Å². The number of oxazole rings is 1. The van der Waals surface area contributed by atoms with E-state index in [1.165, 1.54) is 0 Å². The molecule has 3 N–H and O–H groups in total. The molecule has 3 aromatic heterocycles. The van der Waals surface area contributed by atoms with Gasteiger partial charge in [0, 0.05) is 42.7 Å². The lowest BCUT2D eigenvalue weighted by Gasteiger charge is -2.37. The molecule has 2 saturated heterocycles. The number of aromatic nitrogens is 3. The van der Waals surface area contributed by atoms with Crippen LogP contribution in [0.25, 0.3) is 22.4 Å². The molecule has 8 nitrogen and oxygen atoms in total. The number of hydrogen-bond donors (Lipinski definition) is 2. The summed E-state index contributed by atoms with van der Waals surface area (Å²) in [7, 11) is 0. The minimum absolute atomic E-state index is 0.103. The Bertz CT molecular complexity index is 1030. The number of rotatable bonds is 2. The van der Waals surface area contributed by atoms with Gasteiger partial charge in [0.2, 0.25) is 0 Å². The Morgan fingerprint density at radius 3 is 2.71 bits per heavy atom. The summed E-state index contributed by atoms with van der Waals surface area (Å²) in [6, 6.07) is 6.15. The van der Waals surface area contributed by atoms with Gasteiger partial charge in [-0.15, -0.1) is 0 Å². The number of nitrogens with one attached hydrogen (secondary N) is 1. The smallest absolute Gasteiger partial charge is 0.323 e. The van der Waals surface area contributed by atoms with Crippen molar-refractivity contribution in [3.8, 4) is 11.5 Å². The maximum Gasteiger partial charge on any atom is 0.323 e. The number of nitrogens with zero attached hydrogens (tertiary/aromatic N) is 4. The van der Waals surface area contributed by atoms with E-state index in [0.717, 1.165) is 36.6 Å². The minimum Gasteiger partial charge on any atom is -0.439 e. The van der Waals surface area contributed by atoms with Gasteiger partial charge in [-0.1, -0.05) is 0 Å². The highest BCUT2D eigenvalue weighted by molar-refractivity contribution is 5.91. The molecule has 0 aromatic carbocycles. The zero-order valence-electron chi connectivity index (χ0n) is 15.6. The fraction of sp³-hybridized carbons (Fsp3) is 0.400. The number of anilines is 1. The van der Waals surface area contributed by atoms with Crippen molar-refractivity contribution >= 4 is 22.8 Å². The van der Waals surface area contributed by atoms with Crippen LogP contribution >= 0.6 is 0 Å². The zero-order chi connectivity index (χ0) is 19.3. The number of nitrogens with two attached hydrogens (primary N) is 1. The Labute approximate surface area is 162 Å². The second kappa shape index (κ2) is 6.56. The molecule has 0 spiro atoms. The van der Waals surface area contributed by atoms with E-state index in [-0.39, 0.29) is 24.2 Å². The van der Waals surface area contributed by atoms with Gasteiger partial charge in [-0.2, -0.15) is 0 Å². The number of hydrogen-bond acceptors (Lipinski definition) is 6. The molecule has 3 atom stereocenters. The summed E-state index contributed by atoms with van der Waals surface area (Å²) < 4.78 is 5.56. The summed E-state index contributed by atoms with van der Waals surface area (Å²) in [6.45, 7) is 1.79. The van der Waals surface area contributed by atoms with Gasteiger partial charge in [0.15, 0.2) is 11.7 Å². The first-order valence-electron chi connectivity index (χ1n) is 9.61. The summed E-state index contributed by atoms with van der Waals surface area (Å²) in [6.07, 6.45) is 7.17. The number of carbonyl (C=O) groups excluding carboxylic acids is 1. The van der Waals surface area contributed by atoms with Crippen molar-refractivity contribution in [2.24, 2.45) is 5.73 Å². The molecule has 8 heteroatoms. The summed E-state index contributed by atoms with van der Waals surface area (Å²) in [5.41, 5.74) is 7.54. The number of fused-ring (bicyclic) bond motifs is 3. The van der Waals surface area contributed by atoms with Crippen LogP contribution in [0.5, 0.6) is 0 Å². The van der Waals surface area contributed by atoms with Crippen molar-refractivity contribution in [1.82, 2.24) is 19.9 Å². The van der Waals surface area contributed by atoms with Crippen LogP contribution in [0.1, 0.15) is 31.6 Å². The van der Waals surface area contributed by atoms with Crippen LogP contribution in [0.4, 0.5) is 10.6 Å². The van der Waals surface area contributed by atoms with Gasteiger partial charge in [0.25, 0.3) is 0 Å². The number of piperidine rings is 1. The molecule has 0 aliphatic carbocycles. The van der Waals surface area contributed by atoms with Gasteiger partial charge in [-0.05, 0) is 37.8 Å². The third-order valence-corrected chi connectivity index (χ3v) is 5.69. The van der Waals surface area contributed by atoms with Crippen molar-refractivity contribution in [3.63, 3.8) is 0 Å². The Morgan fingerprint density at radius 2 is 2.00 bits per heavy atom. The second-order valence-electron chi connectivity index (χ2n) is 7.66. The molecule has 2 unspecified atom stereocenters. The average Bonchev–Trinajstić information content (AvgIpc) is 3.22. The van der Waals surface area contributed by atoms with Gasteiger partial charge in [-0.3, -0.25) is 5.32 Å². The van der Waals surface area contributed by atoms with Crippen molar-refractivity contribution < 1.29 is 9.21 Å². The van der Waals surface area contributed by atoms with E-state index in [1.54, 1.807) is 25.4 Å². The maximum atomic E-state index is 12.9. The molecular formula is C20H22N6O2. The first-order valence-corrected chi connectivity index (χ1v) is 9.61. The predicted molar refractivity (Wildman–Crippen MR) is 105 cm³/mol. The third kappa shape index (κ3) is 2.99. The number of pyridine rings is 2. The summed E-state index contributed by atoms with van der Waals surface area (Å²) in [4.78, 5) is 27.9. The number of carbonyl (C=O) groups is 1.